The van der Waals surface area contributed by atoms with Gasteiger partial charge < -0.3 is 4.74 Å². The van der Waals surface area contributed by atoms with E-state index in [-0.39, 0.29) is 23.4 Å². The molecule has 26 heavy (non-hydrogen) atoms. The number of nitro groups is 1. The number of hydrogen-bond donors (Lipinski definition) is 0. The molecule has 0 saturated heterocycles. The first kappa shape index (κ1) is 17.3. The van der Waals surface area contributed by atoms with Crippen LogP contribution in [0.1, 0.15) is 16.8 Å². The molecule has 0 fully saturated rings. The van der Waals surface area contributed by atoms with Gasteiger partial charge in [-0.1, -0.05) is 12.1 Å². The zero-order chi connectivity index (χ0) is 18.5. The van der Waals surface area contributed by atoms with Crippen LogP contribution < -0.4 is 5.56 Å². The Morgan fingerprint density at radius 1 is 1.15 bits per heavy atom. The third-order valence-electron chi connectivity index (χ3n) is 3.82. The number of esters is 1. The van der Waals surface area contributed by atoms with E-state index in [2.05, 4.69) is 4.98 Å². The summed E-state index contributed by atoms with van der Waals surface area (Å²) in [5, 5.41) is 11.1. The molecule has 8 nitrogen and oxygen atoms in total. The molecule has 0 spiro atoms. The van der Waals surface area contributed by atoms with Crippen LogP contribution >= 0.6 is 0 Å². The molecule has 0 saturated carbocycles. The van der Waals surface area contributed by atoms with Crippen LogP contribution in [-0.2, 0) is 11.3 Å². The van der Waals surface area contributed by atoms with Crippen molar-refractivity contribution < 1.29 is 14.5 Å². The Labute approximate surface area is 147 Å². The Morgan fingerprint density at radius 2 is 1.88 bits per heavy atom. The van der Waals surface area contributed by atoms with E-state index in [9.17, 15) is 19.7 Å². The lowest BCUT2D eigenvalue weighted by molar-refractivity contribution is -0.384. The highest BCUT2D eigenvalue weighted by Crippen LogP contribution is 2.12. The van der Waals surface area contributed by atoms with Crippen molar-refractivity contribution in [1.82, 2.24) is 9.55 Å². The lowest BCUT2D eigenvalue weighted by Gasteiger charge is -2.07. The molecule has 0 N–H and O–H groups in total. The van der Waals surface area contributed by atoms with Crippen molar-refractivity contribution >= 4 is 22.6 Å². The zero-order valence-corrected chi connectivity index (χ0v) is 13.7. The molecule has 0 bridgehead atoms. The summed E-state index contributed by atoms with van der Waals surface area (Å²) in [6.45, 7) is 0.485. The fourth-order valence-electron chi connectivity index (χ4n) is 2.47. The molecule has 3 aromatic rings. The summed E-state index contributed by atoms with van der Waals surface area (Å²) in [6.07, 6.45) is 1.92. The van der Waals surface area contributed by atoms with Crippen molar-refractivity contribution in [2.75, 3.05) is 6.61 Å². The first-order valence-electron chi connectivity index (χ1n) is 7.92. The number of nitro benzene ring substituents is 1. The number of carbonyl (C=O) groups excluding carboxylic acids is 1. The van der Waals surface area contributed by atoms with E-state index >= 15 is 0 Å². The van der Waals surface area contributed by atoms with Gasteiger partial charge in [0.1, 0.15) is 0 Å². The average Bonchev–Trinajstić information content (AvgIpc) is 2.67. The second-order valence-electron chi connectivity index (χ2n) is 5.55. The predicted molar refractivity (Wildman–Crippen MR) is 94.0 cm³/mol. The predicted octanol–water partition coefficient (Wildman–Crippen LogP) is 2.55. The first-order valence-corrected chi connectivity index (χ1v) is 7.92. The number of para-hydroxylation sites is 1. The highest BCUT2D eigenvalue weighted by atomic mass is 16.6. The molecule has 0 aliphatic rings. The van der Waals surface area contributed by atoms with Gasteiger partial charge in [0.15, 0.2) is 0 Å². The minimum Gasteiger partial charge on any atom is -0.462 e. The topological polar surface area (TPSA) is 104 Å². The molecule has 8 heteroatoms. The third-order valence-corrected chi connectivity index (χ3v) is 3.82. The number of aromatic nitrogens is 2. The van der Waals surface area contributed by atoms with E-state index in [1.807, 2.05) is 6.07 Å². The van der Waals surface area contributed by atoms with Gasteiger partial charge in [-0.05, 0) is 30.7 Å². The molecule has 1 heterocycles. The van der Waals surface area contributed by atoms with Crippen LogP contribution in [0.25, 0.3) is 10.9 Å². The number of benzene rings is 2. The number of aryl methyl sites for hydroxylation is 1. The normalized spacial score (nSPS) is 10.6. The van der Waals surface area contributed by atoms with E-state index in [4.69, 9.17) is 4.74 Å². The summed E-state index contributed by atoms with van der Waals surface area (Å²) < 4.78 is 6.61. The fourth-order valence-corrected chi connectivity index (χ4v) is 2.47. The minimum atomic E-state index is -0.566. The van der Waals surface area contributed by atoms with Gasteiger partial charge >= 0.3 is 5.97 Å². The average molecular weight is 353 g/mol. The molecular weight excluding hydrogens is 338 g/mol. The minimum absolute atomic E-state index is 0.0928. The van der Waals surface area contributed by atoms with E-state index in [0.717, 1.165) is 0 Å². The third kappa shape index (κ3) is 3.75. The van der Waals surface area contributed by atoms with Crippen molar-refractivity contribution in [3.05, 3.63) is 80.9 Å². The van der Waals surface area contributed by atoms with Gasteiger partial charge in [-0.25, -0.2) is 9.78 Å². The van der Waals surface area contributed by atoms with Crippen molar-refractivity contribution in [2.45, 2.75) is 13.0 Å². The summed E-state index contributed by atoms with van der Waals surface area (Å²) in [5.41, 5.74) is 0.639. The summed E-state index contributed by atoms with van der Waals surface area (Å²) in [4.78, 5) is 38.5. The van der Waals surface area contributed by atoms with Crippen molar-refractivity contribution in [1.29, 1.82) is 0 Å². The van der Waals surface area contributed by atoms with Gasteiger partial charge in [0.2, 0.25) is 0 Å². The molecule has 0 radical (unpaired) electrons. The monoisotopic (exact) mass is 353 g/mol. The summed E-state index contributed by atoms with van der Waals surface area (Å²) >= 11 is 0. The molecule has 0 aliphatic carbocycles. The standard InChI is InChI=1S/C18H15N3O5/c22-17-15-4-1-2-5-16(15)19-12-20(17)10-3-11-26-18(23)13-6-8-14(9-7-13)21(24)25/h1-2,4-9,12H,3,10-11H2. The number of fused-ring (bicyclic) bond motifs is 1. The van der Waals surface area contributed by atoms with Crippen LogP contribution in [-0.4, -0.2) is 27.1 Å². The maximum absolute atomic E-state index is 12.3. The Kier molecular flexibility index (Phi) is 5.02. The molecule has 2 aromatic carbocycles. The SMILES string of the molecule is O=C(OCCCn1cnc2ccccc2c1=O)c1ccc([N+](=O)[O-])cc1. The molecule has 3 rings (SSSR count). The quantitative estimate of drug-likeness (QED) is 0.292. The van der Waals surface area contributed by atoms with E-state index in [0.29, 0.717) is 23.9 Å². The Balaban J connectivity index is 1.55. The number of hydrogen-bond acceptors (Lipinski definition) is 6. The van der Waals surface area contributed by atoms with Crippen molar-refractivity contribution in [2.24, 2.45) is 0 Å². The van der Waals surface area contributed by atoms with Gasteiger partial charge in [0, 0.05) is 18.7 Å². The second kappa shape index (κ2) is 7.56. The van der Waals surface area contributed by atoms with Gasteiger partial charge in [0.05, 0.1) is 34.3 Å². The van der Waals surface area contributed by atoms with Gasteiger partial charge in [-0.3, -0.25) is 19.5 Å². The highest BCUT2D eigenvalue weighted by Gasteiger charge is 2.10. The van der Waals surface area contributed by atoms with Crippen molar-refractivity contribution in [3.8, 4) is 0 Å². The maximum Gasteiger partial charge on any atom is 0.338 e. The zero-order valence-electron chi connectivity index (χ0n) is 13.7. The van der Waals surface area contributed by atoms with Gasteiger partial charge in [0.25, 0.3) is 11.2 Å². The second-order valence-corrected chi connectivity index (χ2v) is 5.55. The molecular formula is C18H15N3O5. The summed E-state index contributed by atoms with van der Waals surface area (Å²) in [5.74, 6) is -0.566. The van der Waals surface area contributed by atoms with Crippen LogP contribution in [0.5, 0.6) is 0 Å². The number of rotatable bonds is 6. The van der Waals surface area contributed by atoms with Crippen LogP contribution in [0.2, 0.25) is 0 Å². The molecule has 0 aliphatic heterocycles. The van der Waals surface area contributed by atoms with E-state index < -0.39 is 10.9 Å². The molecule has 1 aromatic heterocycles. The Morgan fingerprint density at radius 3 is 2.62 bits per heavy atom. The largest absolute Gasteiger partial charge is 0.462 e. The highest BCUT2D eigenvalue weighted by molar-refractivity contribution is 5.89. The number of ether oxygens (including phenoxy) is 1. The summed E-state index contributed by atoms with van der Waals surface area (Å²) in [6, 6.07) is 12.3. The number of nitrogens with zero attached hydrogens (tertiary/aromatic N) is 3. The van der Waals surface area contributed by atoms with E-state index in [1.165, 1.54) is 35.2 Å². The summed E-state index contributed by atoms with van der Waals surface area (Å²) in [7, 11) is 0. The Bertz CT molecular complexity index is 1010. The van der Waals surface area contributed by atoms with Crippen LogP contribution in [0.3, 0.4) is 0 Å². The number of non-ortho nitro benzene ring substituents is 1. The fraction of sp³-hybridized carbons (Fsp3) is 0.167. The molecule has 132 valence electrons. The van der Waals surface area contributed by atoms with Gasteiger partial charge in [-0.15, -0.1) is 0 Å². The van der Waals surface area contributed by atoms with Gasteiger partial charge in [-0.2, -0.15) is 0 Å². The van der Waals surface area contributed by atoms with Crippen LogP contribution in [0.15, 0.2) is 59.7 Å². The van der Waals surface area contributed by atoms with Crippen LogP contribution in [0.4, 0.5) is 5.69 Å². The molecule has 0 unspecified atom stereocenters. The lowest BCUT2D eigenvalue weighted by atomic mass is 10.2. The first-order chi connectivity index (χ1) is 12.6. The van der Waals surface area contributed by atoms with E-state index in [1.54, 1.807) is 18.2 Å². The van der Waals surface area contributed by atoms with Crippen molar-refractivity contribution in [3.63, 3.8) is 0 Å². The molecule has 0 atom stereocenters. The Hall–Kier alpha value is -3.55. The smallest absolute Gasteiger partial charge is 0.338 e. The van der Waals surface area contributed by atoms with Crippen LogP contribution in [0, 0.1) is 10.1 Å². The lowest BCUT2D eigenvalue weighted by Crippen LogP contribution is -2.21. The molecule has 0 amide bonds. The number of carbonyl (C=O) groups is 1. The maximum atomic E-state index is 12.3.